The molecule has 0 saturated carbocycles. The molecule has 1 amide bonds. The first-order valence-electron chi connectivity index (χ1n) is 7.06. The quantitative estimate of drug-likeness (QED) is 0.900. The van der Waals surface area contributed by atoms with Crippen molar-refractivity contribution in [1.82, 2.24) is 14.9 Å². The summed E-state index contributed by atoms with van der Waals surface area (Å²) in [6.45, 7) is 8.30. The third-order valence-corrected chi connectivity index (χ3v) is 3.66. The molecule has 20 heavy (non-hydrogen) atoms. The van der Waals surface area contributed by atoms with Crippen molar-refractivity contribution in [1.29, 1.82) is 0 Å². The summed E-state index contributed by atoms with van der Waals surface area (Å²) in [4.78, 5) is 24.9. The molecule has 1 aliphatic heterocycles. The predicted molar refractivity (Wildman–Crippen MR) is 79.9 cm³/mol. The lowest BCUT2D eigenvalue weighted by Gasteiger charge is -2.45. The second-order valence-electron chi connectivity index (χ2n) is 5.63. The van der Waals surface area contributed by atoms with Crippen LogP contribution in [0.4, 0.5) is 11.6 Å². The van der Waals surface area contributed by atoms with E-state index in [1.54, 1.807) is 17.3 Å². The van der Waals surface area contributed by atoms with E-state index >= 15 is 0 Å². The third kappa shape index (κ3) is 2.69. The summed E-state index contributed by atoms with van der Waals surface area (Å²) in [7, 11) is 1.84. The zero-order chi connectivity index (χ0) is 14.8. The molecule has 2 rings (SSSR count). The molecule has 1 saturated heterocycles. The number of nitrogens with one attached hydrogen (secondary N) is 1. The summed E-state index contributed by atoms with van der Waals surface area (Å²) in [5.41, 5.74) is -0.592. The Balaban J connectivity index is 2.24. The van der Waals surface area contributed by atoms with Gasteiger partial charge in [-0.15, -0.1) is 0 Å². The second kappa shape index (κ2) is 5.64. The largest absolute Gasteiger partial charge is 0.369 e. The van der Waals surface area contributed by atoms with E-state index in [0.717, 1.165) is 31.1 Å². The van der Waals surface area contributed by atoms with Gasteiger partial charge in [0.15, 0.2) is 0 Å². The number of amides is 1. The highest BCUT2D eigenvalue weighted by Gasteiger charge is 2.41. The van der Waals surface area contributed by atoms with Crippen LogP contribution in [0.2, 0.25) is 0 Å². The molecule has 0 bridgehead atoms. The molecule has 0 spiro atoms. The molecule has 0 atom stereocenters. The Hall–Kier alpha value is -1.85. The molecule has 0 aromatic carbocycles. The Kier molecular flexibility index (Phi) is 4.11. The number of carbonyl (C=O) groups is 1. The highest BCUT2D eigenvalue weighted by molar-refractivity contribution is 5.90. The lowest BCUT2D eigenvalue weighted by molar-refractivity contribution is -0.136. The number of nitrogens with zero attached hydrogens (tertiary/aromatic N) is 4. The Morgan fingerprint density at radius 1 is 1.35 bits per heavy atom. The zero-order valence-corrected chi connectivity index (χ0v) is 12.7. The summed E-state index contributed by atoms with van der Waals surface area (Å²) < 4.78 is 0. The Morgan fingerprint density at radius 3 is 2.80 bits per heavy atom. The number of hydrogen-bond acceptors (Lipinski definition) is 5. The molecule has 1 N–H and O–H groups in total. The molecule has 110 valence electrons. The molecule has 6 heteroatoms. The van der Waals surface area contributed by atoms with Crippen LogP contribution in [0.15, 0.2) is 12.4 Å². The number of rotatable bonds is 4. The van der Waals surface area contributed by atoms with E-state index in [-0.39, 0.29) is 5.91 Å². The molecule has 0 unspecified atom stereocenters. The Labute approximate surface area is 120 Å². The molecule has 2 heterocycles. The van der Waals surface area contributed by atoms with Crippen molar-refractivity contribution in [2.45, 2.75) is 32.7 Å². The normalized spacial score (nSPS) is 18.3. The van der Waals surface area contributed by atoms with Gasteiger partial charge in [0.2, 0.25) is 5.91 Å². The van der Waals surface area contributed by atoms with Crippen LogP contribution in [0.5, 0.6) is 0 Å². The lowest BCUT2D eigenvalue weighted by atomic mass is 9.98. The highest BCUT2D eigenvalue weighted by atomic mass is 16.2. The van der Waals surface area contributed by atoms with Gasteiger partial charge in [-0.1, -0.05) is 6.92 Å². The summed E-state index contributed by atoms with van der Waals surface area (Å²) >= 11 is 0. The van der Waals surface area contributed by atoms with Crippen molar-refractivity contribution < 1.29 is 4.79 Å². The van der Waals surface area contributed by atoms with Crippen LogP contribution in [0.1, 0.15) is 27.2 Å². The fraction of sp³-hybridized carbons (Fsp3) is 0.643. The summed E-state index contributed by atoms with van der Waals surface area (Å²) in [6, 6.07) is 0. The first kappa shape index (κ1) is 14.6. The van der Waals surface area contributed by atoms with Crippen LogP contribution in [0.3, 0.4) is 0 Å². The predicted octanol–water partition coefficient (Wildman–Crippen LogP) is 1.36. The van der Waals surface area contributed by atoms with Crippen LogP contribution in [-0.2, 0) is 4.79 Å². The van der Waals surface area contributed by atoms with E-state index in [4.69, 9.17) is 0 Å². The van der Waals surface area contributed by atoms with Gasteiger partial charge in [0.25, 0.3) is 0 Å². The molecule has 1 aromatic rings. The maximum Gasteiger partial charge on any atom is 0.247 e. The summed E-state index contributed by atoms with van der Waals surface area (Å²) in [5.74, 6) is 1.61. The molecule has 1 fully saturated rings. The first-order valence-corrected chi connectivity index (χ1v) is 7.06. The van der Waals surface area contributed by atoms with Gasteiger partial charge in [-0.3, -0.25) is 9.78 Å². The Morgan fingerprint density at radius 2 is 2.10 bits per heavy atom. The SMILES string of the molecule is CCCNc1cncc(N2CCN(C)C(=O)C2(C)C)n1. The molecular formula is C14H23N5O. The van der Waals surface area contributed by atoms with Crippen LogP contribution in [0.25, 0.3) is 0 Å². The maximum absolute atomic E-state index is 12.3. The smallest absolute Gasteiger partial charge is 0.247 e. The van der Waals surface area contributed by atoms with Crippen molar-refractivity contribution in [2.75, 3.05) is 36.9 Å². The van der Waals surface area contributed by atoms with Crippen molar-refractivity contribution >= 4 is 17.5 Å². The monoisotopic (exact) mass is 277 g/mol. The zero-order valence-electron chi connectivity index (χ0n) is 12.7. The van der Waals surface area contributed by atoms with Crippen molar-refractivity contribution in [3.8, 4) is 0 Å². The van der Waals surface area contributed by atoms with Gasteiger partial charge in [0.1, 0.15) is 17.2 Å². The number of piperazine rings is 1. The van der Waals surface area contributed by atoms with Crippen LogP contribution in [-0.4, -0.2) is 53.0 Å². The van der Waals surface area contributed by atoms with Gasteiger partial charge in [0, 0.05) is 26.7 Å². The van der Waals surface area contributed by atoms with E-state index in [9.17, 15) is 4.79 Å². The minimum atomic E-state index is -0.592. The van der Waals surface area contributed by atoms with Gasteiger partial charge in [-0.2, -0.15) is 0 Å². The fourth-order valence-electron chi connectivity index (χ4n) is 2.44. The number of carbonyl (C=O) groups excluding carboxylic acids is 1. The average Bonchev–Trinajstić information content (AvgIpc) is 2.43. The topological polar surface area (TPSA) is 61.4 Å². The summed E-state index contributed by atoms with van der Waals surface area (Å²) in [6.07, 6.45) is 4.46. The van der Waals surface area contributed by atoms with E-state index in [0.29, 0.717) is 6.54 Å². The Bertz CT molecular complexity index is 488. The summed E-state index contributed by atoms with van der Waals surface area (Å²) in [5, 5.41) is 3.23. The van der Waals surface area contributed by atoms with E-state index < -0.39 is 5.54 Å². The number of hydrogen-bond donors (Lipinski definition) is 1. The van der Waals surface area contributed by atoms with E-state index in [2.05, 4.69) is 22.2 Å². The first-order chi connectivity index (χ1) is 9.46. The molecule has 1 aromatic heterocycles. The lowest BCUT2D eigenvalue weighted by Crippen LogP contribution is -2.62. The van der Waals surface area contributed by atoms with Crippen molar-refractivity contribution in [2.24, 2.45) is 0 Å². The van der Waals surface area contributed by atoms with Crippen LogP contribution >= 0.6 is 0 Å². The number of anilines is 2. The number of aromatic nitrogens is 2. The number of likely N-dealkylation sites (N-methyl/N-ethyl adjacent to an activating group) is 1. The van der Waals surface area contributed by atoms with Crippen LogP contribution in [0, 0.1) is 0 Å². The van der Waals surface area contributed by atoms with Gasteiger partial charge >= 0.3 is 0 Å². The molecule has 0 radical (unpaired) electrons. The van der Waals surface area contributed by atoms with Crippen molar-refractivity contribution in [3.63, 3.8) is 0 Å². The van der Waals surface area contributed by atoms with E-state index in [1.165, 1.54) is 0 Å². The standard InChI is InChI=1S/C14H23N5O/c1-5-6-16-11-9-15-10-12(17-11)19-8-7-18(4)13(20)14(19,2)3/h9-10H,5-8H2,1-4H3,(H,16,17). The molecule has 0 aliphatic carbocycles. The molecule has 6 nitrogen and oxygen atoms in total. The minimum Gasteiger partial charge on any atom is -0.369 e. The minimum absolute atomic E-state index is 0.109. The molecule has 1 aliphatic rings. The molecular weight excluding hydrogens is 254 g/mol. The third-order valence-electron chi connectivity index (χ3n) is 3.66. The maximum atomic E-state index is 12.3. The van der Waals surface area contributed by atoms with Crippen molar-refractivity contribution in [3.05, 3.63) is 12.4 Å². The average molecular weight is 277 g/mol. The highest BCUT2D eigenvalue weighted by Crippen LogP contribution is 2.27. The van der Waals surface area contributed by atoms with Gasteiger partial charge in [0.05, 0.1) is 12.4 Å². The van der Waals surface area contributed by atoms with Crippen LogP contribution < -0.4 is 10.2 Å². The van der Waals surface area contributed by atoms with Gasteiger partial charge < -0.3 is 15.1 Å². The van der Waals surface area contributed by atoms with Gasteiger partial charge in [-0.05, 0) is 20.3 Å². The second-order valence-corrected chi connectivity index (χ2v) is 5.63. The fourth-order valence-corrected chi connectivity index (χ4v) is 2.44. The van der Waals surface area contributed by atoms with Gasteiger partial charge in [-0.25, -0.2) is 4.98 Å². The van der Waals surface area contributed by atoms with E-state index in [1.807, 2.05) is 25.8 Å².